The topological polar surface area (TPSA) is 72.8 Å². The molecule has 0 radical (unpaired) electrons. The highest BCUT2D eigenvalue weighted by Crippen LogP contribution is 2.13. The van der Waals surface area contributed by atoms with Gasteiger partial charge in [0.05, 0.1) is 6.61 Å². The third-order valence-electron chi connectivity index (χ3n) is 0.890. The molecule has 0 heterocycles. The second kappa shape index (κ2) is 5.94. The van der Waals surface area contributed by atoms with E-state index in [4.69, 9.17) is 4.89 Å². The fourth-order valence-electron chi connectivity index (χ4n) is 0.387. The molecule has 0 aliphatic rings. The van der Waals surface area contributed by atoms with Gasteiger partial charge in [0, 0.05) is 5.57 Å². The predicted molar refractivity (Wildman–Crippen MR) is 42.9 cm³/mol. The highest BCUT2D eigenvalue weighted by atomic mass is 31.1. The highest BCUT2D eigenvalue weighted by molar-refractivity contribution is 7.32. The van der Waals surface area contributed by atoms with E-state index in [0.717, 1.165) is 0 Å². The van der Waals surface area contributed by atoms with E-state index in [0.29, 0.717) is 0 Å². The molecule has 5 nitrogen and oxygen atoms in total. The largest absolute Gasteiger partial charge is 0.460 e. The van der Waals surface area contributed by atoms with Crippen LogP contribution in [0.2, 0.25) is 0 Å². The van der Waals surface area contributed by atoms with E-state index in [9.17, 15) is 9.36 Å². The summed E-state index contributed by atoms with van der Waals surface area (Å²) in [6.45, 7) is 4.75. The van der Waals surface area contributed by atoms with Crippen LogP contribution in [0.15, 0.2) is 12.2 Å². The van der Waals surface area contributed by atoms with Gasteiger partial charge in [-0.2, -0.15) is 0 Å². The van der Waals surface area contributed by atoms with Gasteiger partial charge in [-0.15, -0.1) is 0 Å². The van der Waals surface area contributed by atoms with Gasteiger partial charge >= 0.3 is 14.2 Å². The number of rotatable bonds is 5. The maximum Gasteiger partial charge on any atom is 0.333 e. The maximum atomic E-state index is 10.7. The summed E-state index contributed by atoms with van der Waals surface area (Å²) in [5, 5.41) is 0. The van der Waals surface area contributed by atoms with Crippen LogP contribution in [-0.2, 0) is 18.6 Å². The number of ether oxygens (including phenoxy) is 1. The first-order valence-electron chi connectivity index (χ1n) is 3.22. The Morgan fingerprint density at radius 3 is 2.58 bits per heavy atom. The van der Waals surface area contributed by atoms with Crippen LogP contribution in [0, 0.1) is 0 Å². The molecule has 6 heteroatoms. The third kappa shape index (κ3) is 6.09. The molecule has 0 bridgehead atoms. The van der Waals surface area contributed by atoms with E-state index < -0.39 is 14.2 Å². The number of carbonyl (C=O) groups excluding carboxylic acids is 1. The van der Waals surface area contributed by atoms with Gasteiger partial charge in [-0.05, 0) is 6.92 Å². The average molecular weight is 194 g/mol. The molecule has 1 unspecified atom stereocenters. The quantitative estimate of drug-likeness (QED) is 0.298. The van der Waals surface area contributed by atoms with Gasteiger partial charge in [-0.3, -0.25) is 4.57 Å². The fourth-order valence-corrected chi connectivity index (χ4v) is 0.644. The molecule has 0 aliphatic carbocycles. The fraction of sp³-hybridized carbons (Fsp3) is 0.500. The molecule has 0 saturated heterocycles. The molecule has 0 spiro atoms. The third-order valence-corrected chi connectivity index (χ3v) is 1.34. The Bertz CT molecular complexity index is 200. The van der Waals surface area contributed by atoms with Crippen molar-refractivity contribution in [3.05, 3.63) is 12.2 Å². The zero-order chi connectivity index (χ0) is 9.56. The Labute approximate surface area is 70.9 Å². The van der Waals surface area contributed by atoms with Gasteiger partial charge in [0.2, 0.25) is 0 Å². The van der Waals surface area contributed by atoms with Crippen LogP contribution in [0.4, 0.5) is 0 Å². The monoisotopic (exact) mass is 194 g/mol. The molecule has 0 amide bonds. The average Bonchev–Trinajstić information content (AvgIpc) is 1.97. The van der Waals surface area contributed by atoms with E-state index in [1.165, 1.54) is 6.92 Å². The zero-order valence-electron chi connectivity index (χ0n) is 6.70. The van der Waals surface area contributed by atoms with Gasteiger partial charge in [-0.25, -0.2) is 4.79 Å². The van der Waals surface area contributed by atoms with Crippen molar-refractivity contribution < 1.29 is 23.5 Å². The van der Waals surface area contributed by atoms with Crippen molar-refractivity contribution in [3.8, 4) is 0 Å². The predicted octanol–water partition coefficient (Wildman–Crippen LogP) is 0.504. The Balaban J connectivity index is 3.38. The van der Waals surface area contributed by atoms with Crippen LogP contribution in [-0.4, -0.2) is 24.1 Å². The summed E-state index contributed by atoms with van der Waals surface area (Å²) in [7, 11) is -2.92. The van der Waals surface area contributed by atoms with E-state index in [1.807, 2.05) is 0 Å². The minimum absolute atomic E-state index is 0.0390. The summed E-state index contributed by atoms with van der Waals surface area (Å²) >= 11 is 0. The maximum absolute atomic E-state index is 10.7. The molecule has 0 fully saturated rings. The molecular formula is C6H11O5P. The first-order valence-corrected chi connectivity index (χ1v) is 4.48. The zero-order valence-corrected chi connectivity index (χ0v) is 7.70. The van der Waals surface area contributed by atoms with Gasteiger partial charge in [0.25, 0.3) is 0 Å². The molecule has 0 aromatic heterocycles. The Morgan fingerprint density at radius 2 is 2.17 bits per heavy atom. The van der Waals surface area contributed by atoms with Crippen molar-refractivity contribution in [1.82, 2.24) is 0 Å². The molecule has 70 valence electrons. The van der Waals surface area contributed by atoms with Gasteiger partial charge < -0.3 is 14.2 Å². The van der Waals surface area contributed by atoms with Crippen LogP contribution in [0.25, 0.3) is 0 Å². The SMILES string of the molecule is C=C(C)C(=O)OCCO[PH](=O)O. The van der Waals surface area contributed by atoms with Crippen molar-refractivity contribution in [3.63, 3.8) is 0 Å². The lowest BCUT2D eigenvalue weighted by atomic mass is 10.4. The summed E-state index contributed by atoms with van der Waals surface area (Å²) in [6, 6.07) is 0. The van der Waals surface area contributed by atoms with Crippen LogP contribution in [0.1, 0.15) is 6.92 Å². The lowest BCUT2D eigenvalue weighted by Crippen LogP contribution is -2.09. The van der Waals surface area contributed by atoms with Crippen molar-refractivity contribution in [2.24, 2.45) is 0 Å². The molecule has 1 N–H and O–H groups in total. The van der Waals surface area contributed by atoms with Crippen molar-refractivity contribution in [2.75, 3.05) is 13.2 Å². The standard InChI is InChI=1S/C6H11O5P/c1-5(2)6(7)10-3-4-11-12(8)9/h12H,1,3-4H2,2H3,(H,8,9). The molecule has 12 heavy (non-hydrogen) atoms. The molecule has 0 aromatic carbocycles. The summed E-state index contributed by atoms with van der Waals surface area (Å²) in [6.07, 6.45) is 0. The van der Waals surface area contributed by atoms with Crippen molar-refractivity contribution in [1.29, 1.82) is 0 Å². The Morgan fingerprint density at radius 1 is 1.58 bits per heavy atom. The lowest BCUT2D eigenvalue weighted by molar-refractivity contribution is -0.139. The highest BCUT2D eigenvalue weighted by Gasteiger charge is 2.02. The first-order chi connectivity index (χ1) is 5.54. The number of esters is 1. The second-order valence-corrected chi connectivity index (χ2v) is 2.85. The van der Waals surface area contributed by atoms with Crippen LogP contribution in [0.3, 0.4) is 0 Å². The Kier molecular flexibility index (Phi) is 5.62. The molecule has 0 aliphatic heterocycles. The summed E-state index contributed by atoms with van der Waals surface area (Å²) < 4.78 is 18.8. The number of hydrogen-bond acceptors (Lipinski definition) is 4. The van der Waals surface area contributed by atoms with Crippen LogP contribution in [0.5, 0.6) is 0 Å². The Hall–Kier alpha value is -0.640. The minimum Gasteiger partial charge on any atom is -0.460 e. The molecule has 0 aromatic rings. The van der Waals surface area contributed by atoms with E-state index in [-0.39, 0.29) is 18.8 Å². The first kappa shape index (κ1) is 11.4. The van der Waals surface area contributed by atoms with Gasteiger partial charge in [0.1, 0.15) is 6.61 Å². The smallest absolute Gasteiger partial charge is 0.333 e. The van der Waals surface area contributed by atoms with Crippen LogP contribution < -0.4 is 0 Å². The summed E-state index contributed by atoms with van der Waals surface area (Å²) in [5.74, 6) is -0.531. The van der Waals surface area contributed by atoms with Crippen LogP contribution >= 0.6 is 8.25 Å². The van der Waals surface area contributed by atoms with Gasteiger partial charge in [0.15, 0.2) is 0 Å². The molecule has 1 atom stereocenters. The lowest BCUT2D eigenvalue weighted by Gasteiger charge is -2.02. The molecular weight excluding hydrogens is 183 g/mol. The molecule has 0 saturated carbocycles. The van der Waals surface area contributed by atoms with Crippen molar-refractivity contribution in [2.45, 2.75) is 6.92 Å². The number of hydrogen-bond donors (Lipinski definition) is 1. The minimum atomic E-state index is -2.92. The summed E-state index contributed by atoms with van der Waals surface area (Å²) in [4.78, 5) is 18.9. The normalized spacial score (nSPS) is 12.2. The van der Waals surface area contributed by atoms with Crippen molar-refractivity contribution >= 4 is 14.2 Å². The van der Waals surface area contributed by atoms with E-state index >= 15 is 0 Å². The second-order valence-electron chi connectivity index (χ2n) is 2.03. The summed E-state index contributed by atoms with van der Waals surface area (Å²) in [5.41, 5.74) is 0.284. The van der Waals surface area contributed by atoms with Gasteiger partial charge in [-0.1, -0.05) is 6.58 Å². The number of carbonyl (C=O) groups is 1. The van der Waals surface area contributed by atoms with E-state index in [2.05, 4.69) is 15.8 Å². The molecule has 0 rings (SSSR count). The van der Waals surface area contributed by atoms with E-state index in [1.54, 1.807) is 0 Å².